The Labute approximate surface area is 125 Å². The van der Waals surface area contributed by atoms with Crippen LogP contribution in [0.1, 0.15) is 23.0 Å². The monoisotopic (exact) mass is 306 g/mol. The minimum Gasteiger partial charge on any atom is -0.494 e. The molecule has 1 amide bonds. The van der Waals surface area contributed by atoms with Gasteiger partial charge < -0.3 is 15.2 Å². The van der Waals surface area contributed by atoms with E-state index < -0.39 is 5.97 Å². The number of rotatable bonds is 6. The van der Waals surface area contributed by atoms with Crippen LogP contribution in [0.2, 0.25) is 0 Å². The first kappa shape index (κ1) is 15.0. The van der Waals surface area contributed by atoms with Crippen molar-refractivity contribution in [1.82, 2.24) is 4.98 Å². The van der Waals surface area contributed by atoms with Crippen molar-refractivity contribution in [2.24, 2.45) is 0 Å². The lowest BCUT2D eigenvalue weighted by molar-refractivity contribution is -0.115. The number of anilines is 1. The molecule has 1 aromatic heterocycles. The molecule has 0 aliphatic rings. The number of carboxylic acid groups (broad SMARTS) is 1. The predicted octanol–water partition coefficient (Wildman–Crippen LogP) is 2.42. The van der Waals surface area contributed by atoms with E-state index in [2.05, 4.69) is 10.3 Å². The molecule has 7 heteroatoms. The fraction of sp³-hybridized carbons (Fsp3) is 0.214. The number of nitrogens with one attached hydrogen (secondary N) is 1. The first-order chi connectivity index (χ1) is 10.1. The molecule has 110 valence electrons. The first-order valence-electron chi connectivity index (χ1n) is 6.29. The molecule has 0 atom stereocenters. The van der Waals surface area contributed by atoms with E-state index in [1.165, 1.54) is 5.38 Å². The van der Waals surface area contributed by atoms with Crippen molar-refractivity contribution >= 4 is 28.3 Å². The number of thiazole rings is 1. The second kappa shape index (κ2) is 6.85. The largest absolute Gasteiger partial charge is 0.494 e. The minimum absolute atomic E-state index is 0.0728. The number of aromatic nitrogens is 1. The van der Waals surface area contributed by atoms with E-state index in [0.717, 1.165) is 22.6 Å². The van der Waals surface area contributed by atoms with Crippen LogP contribution in [0, 0.1) is 0 Å². The molecule has 0 spiro atoms. The van der Waals surface area contributed by atoms with Gasteiger partial charge in [-0.2, -0.15) is 0 Å². The molecule has 0 radical (unpaired) electrons. The number of hydrogen-bond donors (Lipinski definition) is 2. The number of carbonyl (C=O) groups excluding carboxylic acids is 1. The maximum absolute atomic E-state index is 11.8. The van der Waals surface area contributed by atoms with E-state index >= 15 is 0 Å². The minimum atomic E-state index is -1.11. The van der Waals surface area contributed by atoms with Crippen molar-refractivity contribution in [3.05, 3.63) is 40.9 Å². The predicted molar refractivity (Wildman–Crippen MR) is 79.0 cm³/mol. The van der Waals surface area contributed by atoms with E-state index in [1.54, 1.807) is 12.1 Å². The second-order valence-electron chi connectivity index (χ2n) is 4.14. The average Bonchev–Trinajstić information content (AvgIpc) is 2.90. The lowest BCUT2D eigenvalue weighted by Crippen LogP contribution is -2.14. The van der Waals surface area contributed by atoms with Gasteiger partial charge in [-0.1, -0.05) is 12.1 Å². The molecule has 0 bridgehead atoms. The second-order valence-corrected chi connectivity index (χ2v) is 5.00. The summed E-state index contributed by atoms with van der Waals surface area (Å²) in [4.78, 5) is 26.3. The zero-order valence-corrected chi connectivity index (χ0v) is 12.1. The molecule has 1 aromatic carbocycles. The van der Waals surface area contributed by atoms with Gasteiger partial charge >= 0.3 is 5.97 Å². The van der Waals surface area contributed by atoms with Gasteiger partial charge in [0.15, 0.2) is 10.8 Å². The van der Waals surface area contributed by atoms with Crippen molar-refractivity contribution in [3.63, 3.8) is 0 Å². The third kappa shape index (κ3) is 4.28. The van der Waals surface area contributed by atoms with Crippen LogP contribution >= 0.6 is 11.3 Å². The summed E-state index contributed by atoms with van der Waals surface area (Å²) in [6, 6.07) is 7.24. The van der Waals surface area contributed by atoms with Crippen LogP contribution < -0.4 is 10.1 Å². The molecule has 1 heterocycles. The summed E-state index contributed by atoms with van der Waals surface area (Å²) in [5, 5.41) is 13.0. The van der Waals surface area contributed by atoms with E-state index in [4.69, 9.17) is 9.84 Å². The molecule has 21 heavy (non-hydrogen) atoms. The topological polar surface area (TPSA) is 88.5 Å². The van der Waals surface area contributed by atoms with Crippen LogP contribution in [0.25, 0.3) is 0 Å². The Morgan fingerprint density at radius 1 is 1.33 bits per heavy atom. The van der Waals surface area contributed by atoms with Crippen LogP contribution in [0.3, 0.4) is 0 Å². The summed E-state index contributed by atoms with van der Waals surface area (Å²) < 4.78 is 5.32. The van der Waals surface area contributed by atoms with Crippen molar-refractivity contribution in [2.75, 3.05) is 11.9 Å². The van der Waals surface area contributed by atoms with Crippen LogP contribution in [0.15, 0.2) is 29.6 Å². The Hall–Kier alpha value is -2.41. The van der Waals surface area contributed by atoms with E-state index in [0.29, 0.717) is 6.61 Å². The van der Waals surface area contributed by atoms with Crippen LogP contribution in [-0.2, 0) is 11.2 Å². The van der Waals surface area contributed by atoms with E-state index in [-0.39, 0.29) is 23.2 Å². The third-order valence-corrected chi connectivity index (χ3v) is 3.33. The van der Waals surface area contributed by atoms with E-state index in [1.807, 2.05) is 19.1 Å². The van der Waals surface area contributed by atoms with Crippen molar-refractivity contribution in [2.45, 2.75) is 13.3 Å². The molecular weight excluding hydrogens is 292 g/mol. The van der Waals surface area contributed by atoms with Gasteiger partial charge in [-0.3, -0.25) is 4.79 Å². The standard InChI is InChI=1S/C14H14N2O4S/c1-2-20-10-5-3-9(4-6-10)7-12(17)16-14-15-11(8-21-14)13(18)19/h3-6,8H,2,7H2,1H3,(H,18,19)(H,15,16,17). The van der Waals surface area contributed by atoms with Gasteiger partial charge in [0.1, 0.15) is 5.75 Å². The number of amides is 1. The highest BCUT2D eigenvalue weighted by molar-refractivity contribution is 7.14. The summed E-state index contributed by atoms with van der Waals surface area (Å²) in [6.45, 7) is 2.50. The molecule has 0 unspecified atom stereocenters. The molecular formula is C14H14N2O4S. The molecule has 0 aliphatic carbocycles. The van der Waals surface area contributed by atoms with Gasteiger partial charge in [0.05, 0.1) is 13.0 Å². The van der Waals surface area contributed by atoms with Crippen molar-refractivity contribution in [3.8, 4) is 5.75 Å². The number of benzene rings is 1. The Bertz CT molecular complexity index is 637. The number of aromatic carboxylic acids is 1. The maximum Gasteiger partial charge on any atom is 0.355 e. The molecule has 2 N–H and O–H groups in total. The van der Waals surface area contributed by atoms with Crippen LogP contribution in [-0.4, -0.2) is 28.6 Å². The molecule has 0 fully saturated rings. The van der Waals surface area contributed by atoms with Gasteiger partial charge in [0.25, 0.3) is 0 Å². The SMILES string of the molecule is CCOc1ccc(CC(=O)Nc2nc(C(=O)O)cs2)cc1. The van der Waals surface area contributed by atoms with Gasteiger partial charge in [0, 0.05) is 5.38 Å². The number of nitrogens with zero attached hydrogens (tertiary/aromatic N) is 1. The third-order valence-electron chi connectivity index (χ3n) is 2.57. The fourth-order valence-electron chi connectivity index (χ4n) is 1.65. The van der Waals surface area contributed by atoms with E-state index in [9.17, 15) is 9.59 Å². The van der Waals surface area contributed by atoms with Crippen molar-refractivity contribution in [1.29, 1.82) is 0 Å². The normalized spacial score (nSPS) is 10.1. The average molecular weight is 306 g/mol. The molecule has 2 aromatic rings. The summed E-state index contributed by atoms with van der Waals surface area (Å²) in [6.07, 6.45) is 0.189. The Morgan fingerprint density at radius 2 is 2.05 bits per heavy atom. The molecule has 2 rings (SSSR count). The first-order valence-corrected chi connectivity index (χ1v) is 7.17. The highest BCUT2D eigenvalue weighted by atomic mass is 32.1. The Kier molecular flexibility index (Phi) is 4.89. The molecule has 0 saturated heterocycles. The van der Waals surface area contributed by atoms with Crippen molar-refractivity contribution < 1.29 is 19.4 Å². The quantitative estimate of drug-likeness (QED) is 0.855. The number of carboxylic acids is 1. The van der Waals surface area contributed by atoms with Gasteiger partial charge in [-0.25, -0.2) is 9.78 Å². The fourth-order valence-corrected chi connectivity index (χ4v) is 2.35. The number of ether oxygens (including phenoxy) is 1. The lowest BCUT2D eigenvalue weighted by Gasteiger charge is -2.05. The maximum atomic E-state index is 11.8. The highest BCUT2D eigenvalue weighted by Gasteiger charge is 2.11. The summed E-state index contributed by atoms with van der Waals surface area (Å²) >= 11 is 1.08. The molecule has 0 aliphatic heterocycles. The Morgan fingerprint density at radius 3 is 2.62 bits per heavy atom. The van der Waals surface area contributed by atoms with Crippen LogP contribution in [0.5, 0.6) is 5.75 Å². The summed E-state index contributed by atoms with van der Waals surface area (Å²) in [5.41, 5.74) is 0.766. The molecule has 0 saturated carbocycles. The zero-order chi connectivity index (χ0) is 15.2. The lowest BCUT2D eigenvalue weighted by atomic mass is 10.1. The van der Waals surface area contributed by atoms with Gasteiger partial charge in [-0.05, 0) is 24.6 Å². The number of carbonyl (C=O) groups is 2. The summed E-state index contributed by atoms with van der Waals surface area (Å²) in [5.74, 6) is -0.601. The highest BCUT2D eigenvalue weighted by Crippen LogP contribution is 2.16. The smallest absolute Gasteiger partial charge is 0.355 e. The number of hydrogen-bond acceptors (Lipinski definition) is 5. The van der Waals surface area contributed by atoms with Gasteiger partial charge in [-0.15, -0.1) is 11.3 Å². The van der Waals surface area contributed by atoms with Gasteiger partial charge in [0.2, 0.25) is 5.91 Å². The summed E-state index contributed by atoms with van der Waals surface area (Å²) in [7, 11) is 0. The molecule has 6 nitrogen and oxygen atoms in total. The zero-order valence-electron chi connectivity index (χ0n) is 11.3. The van der Waals surface area contributed by atoms with Crippen LogP contribution in [0.4, 0.5) is 5.13 Å². The Balaban J connectivity index is 1.92.